The zero-order valence-corrected chi connectivity index (χ0v) is 16.4. The smallest absolute Gasteiger partial charge is 0.153 e. The van der Waals surface area contributed by atoms with Crippen molar-refractivity contribution in [3.63, 3.8) is 0 Å². The monoisotopic (exact) mass is 390 g/mol. The Balaban J connectivity index is 1.75. The van der Waals surface area contributed by atoms with E-state index in [2.05, 4.69) is 48.1 Å². The highest BCUT2D eigenvalue weighted by molar-refractivity contribution is 6.31. The second-order valence-corrected chi connectivity index (χ2v) is 7.49. The number of para-hydroxylation sites is 1. The summed E-state index contributed by atoms with van der Waals surface area (Å²) in [6, 6.07) is 16.3. The first-order valence-electron chi connectivity index (χ1n) is 9.14. The van der Waals surface area contributed by atoms with Gasteiger partial charge in [-0.15, -0.1) is 0 Å². The fourth-order valence-corrected chi connectivity index (χ4v) is 4.10. The number of hydrogen-bond donors (Lipinski definition) is 0. The Bertz CT molecular complexity index is 1240. The zero-order chi connectivity index (χ0) is 19.3. The number of pyridine rings is 1. The molecule has 0 saturated heterocycles. The number of methoxy groups -OCH3 is 1. The van der Waals surface area contributed by atoms with E-state index in [0.29, 0.717) is 11.6 Å². The fourth-order valence-electron chi connectivity index (χ4n) is 3.93. The Morgan fingerprint density at radius 1 is 1.14 bits per heavy atom. The average molecular weight is 391 g/mol. The summed E-state index contributed by atoms with van der Waals surface area (Å²) in [6.45, 7) is 0.399. The van der Waals surface area contributed by atoms with Gasteiger partial charge in [-0.05, 0) is 24.3 Å². The van der Waals surface area contributed by atoms with E-state index >= 15 is 0 Å². The molecule has 2 aromatic heterocycles. The third-order valence-corrected chi connectivity index (χ3v) is 5.42. The van der Waals surface area contributed by atoms with Crippen molar-refractivity contribution in [2.45, 2.75) is 6.10 Å². The van der Waals surface area contributed by atoms with E-state index in [1.165, 1.54) is 10.9 Å². The van der Waals surface area contributed by atoms with Gasteiger partial charge >= 0.3 is 0 Å². The van der Waals surface area contributed by atoms with E-state index in [9.17, 15) is 0 Å². The van der Waals surface area contributed by atoms with E-state index in [1.54, 1.807) is 7.11 Å². The first-order valence-corrected chi connectivity index (χ1v) is 9.52. The Kier molecular flexibility index (Phi) is 4.11. The zero-order valence-electron chi connectivity index (χ0n) is 15.6. The summed E-state index contributed by atoms with van der Waals surface area (Å²) in [5.41, 5.74) is 5.11. The van der Waals surface area contributed by atoms with Crippen molar-refractivity contribution in [2.24, 2.45) is 7.05 Å². The van der Waals surface area contributed by atoms with Gasteiger partial charge in [-0.1, -0.05) is 35.9 Å². The number of hydrogen-bond acceptors (Lipinski definition) is 3. The summed E-state index contributed by atoms with van der Waals surface area (Å²) in [4.78, 5) is 4.87. The fraction of sp³-hybridized carbons (Fsp3) is 0.174. The second-order valence-electron chi connectivity index (χ2n) is 7.05. The number of fused-ring (bicyclic) bond motifs is 3. The molecular formula is C23H19ClN2O2. The molecule has 0 bridgehead atoms. The molecule has 0 N–H and O–H groups in total. The molecule has 0 amide bonds. The molecule has 1 unspecified atom stereocenters. The van der Waals surface area contributed by atoms with Crippen molar-refractivity contribution in [2.75, 3.05) is 13.7 Å². The Labute approximate surface area is 168 Å². The third-order valence-electron chi connectivity index (χ3n) is 5.19. The highest BCUT2D eigenvalue weighted by Gasteiger charge is 2.28. The molecule has 0 radical (unpaired) electrons. The van der Waals surface area contributed by atoms with E-state index in [-0.39, 0.29) is 6.10 Å². The van der Waals surface area contributed by atoms with Gasteiger partial charge in [0.2, 0.25) is 0 Å². The van der Waals surface area contributed by atoms with Gasteiger partial charge in [0.15, 0.2) is 6.10 Å². The van der Waals surface area contributed by atoms with Crippen molar-refractivity contribution >= 4 is 39.5 Å². The Hall–Kier alpha value is -2.82. The molecule has 28 heavy (non-hydrogen) atoms. The van der Waals surface area contributed by atoms with Crippen LogP contribution in [0, 0.1) is 0 Å². The van der Waals surface area contributed by atoms with Crippen LogP contribution >= 0.6 is 11.6 Å². The van der Waals surface area contributed by atoms with E-state index in [4.69, 9.17) is 26.1 Å². The molecule has 5 rings (SSSR count). The second kappa shape index (κ2) is 6.66. The molecule has 1 atom stereocenters. The van der Waals surface area contributed by atoms with Crippen LogP contribution in [0.3, 0.4) is 0 Å². The lowest BCUT2D eigenvalue weighted by Crippen LogP contribution is -2.15. The normalized spacial score (nSPS) is 16.1. The predicted molar refractivity (Wildman–Crippen MR) is 112 cm³/mol. The summed E-state index contributed by atoms with van der Waals surface area (Å²) in [6.07, 6.45) is 3.85. The molecule has 0 spiro atoms. The molecule has 1 aliphatic rings. The van der Waals surface area contributed by atoms with Crippen molar-refractivity contribution in [3.8, 4) is 0 Å². The molecule has 5 heteroatoms. The molecule has 140 valence electrons. The molecule has 4 aromatic rings. The summed E-state index contributed by atoms with van der Waals surface area (Å²) in [7, 11) is 3.72. The van der Waals surface area contributed by atoms with Crippen LogP contribution in [0.25, 0.3) is 27.9 Å². The number of benzene rings is 2. The number of nitrogens with zero attached hydrogens (tertiary/aromatic N) is 2. The highest BCUT2D eigenvalue weighted by atomic mass is 35.5. The lowest BCUT2D eigenvalue weighted by Gasteiger charge is -2.27. The average Bonchev–Trinajstić information content (AvgIpc) is 3.03. The van der Waals surface area contributed by atoms with Crippen LogP contribution in [0.1, 0.15) is 22.9 Å². The summed E-state index contributed by atoms with van der Waals surface area (Å²) in [5, 5.41) is 2.90. The first kappa shape index (κ1) is 17.3. The Morgan fingerprint density at radius 2 is 2.00 bits per heavy atom. The van der Waals surface area contributed by atoms with E-state index in [0.717, 1.165) is 33.5 Å². The van der Waals surface area contributed by atoms with E-state index in [1.807, 2.05) is 24.3 Å². The van der Waals surface area contributed by atoms with Crippen LogP contribution < -0.4 is 0 Å². The standard InChI is InChI=1S/C23H19ClN2O2/c1-26-12-19(17-5-3-4-6-22(17)26)23-18-9-14-7-8-15(24)10-20(14)25-21(18)11-16(28-23)13-27-2/h3-12,23H,13H2,1-2H3. The quantitative estimate of drug-likeness (QED) is 0.464. The first-order chi connectivity index (χ1) is 13.6. The maximum Gasteiger partial charge on any atom is 0.153 e. The molecule has 0 aliphatic carbocycles. The number of aryl methyl sites for hydroxylation is 1. The van der Waals surface area contributed by atoms with Crippen LogP contribution in [0.4, 0.5) is 0 Å². The lowest BCUT2D eigenvalue weighted by atomic mass is 9.95. The third kappa shape index (κ3) is 2.77. The van der Waals surface area contributed by atoms with Crippen molar-refractivity contribution in [1.82, 2.24) is 9.55 Å². The minimum Gasteiger partial charge on any atom is -0.483 e. The predicted octanol–water partition coefficient (Wildman–Crippen LogP) is 5.49. The minimum atomic E-state index is -0.246. The van der Waals surface area contributed by atoms with Gasteiger partial charge in [0.05, 0.1) is 11.2 Å². The number of ether oxygens (including phenoxy) is 2. The Morgan fingerprint density at radius 3 is 2.86 bits per heavy atom. The van der Waals surface area contributed by atoms with Crippen LogP contribution in [-0.2, 0) is 16.5 Å². The van der Waals surface area contributed by atoms with Crippen LogP contribution in [0.5, 0.6) is 0 Å². The summed E-state index contributed by atoms with van der Waals surface area (Å²) in [5.74, 6) is 0.766. The van der Waals surface area contributed by atoms with Gasteiger partial charge in [0.1, 0.15) is 12.4 Å². The van der Waals surface area contributed by atoms with Crippen LogP contribution in [0.15, 0.2) is 60.5 Å². The minimum absolute atomic E-state index is 0.246. The van der Waals surface area contributed by atoms with Crippen molar-refractivity contribution in [3.05, 3.63) is 82.3 Å². The number of rotatable bonds is 3. The van der Waals surface area contributed by atoms with Crippen molar-refractivity contribution < 1.29 is 9.47 Å². The molecule has 0 saturated carbocycles. The lowest BCUT2D eigenvalue weighted by molar-refractivity contribution is 0.0958. The van der Waals surface area contributed by atoms with Gasteiger partial charge in [0.25, 0.3) is 0 Å². The number of halogens is 1. The van der Waals surface area contributed by atoms with Gasteiger partial charge in [-0.25, -0.2) is 4.98 Å². The molecule has 4 nitrogen and oxygen atoms in total. The topological polar surface area (TPSA) is 36.3 Å². The van der Waals surface area contributed by atoms with Gasteiger partial charge < -0.3 is 14.0 Å². The highest BCUT2D eigenvalue weighted by Crippen LogP contribution is 2.40. The maximum absolute atomic E-state index is 6.39. The van der Waals surface area contributed by atoms with Crippen molar-refractivity contribution in [1.29, 1.82) is 0 Å². The summed E-state index contributed by atoms with van der Waals surface area (Å²) >= 11 is 6.17. The van der Waals surface area contributed by atoms with Crippen LogP contribution in [-0.4, -0.2) is 23.3 Å². The van der Waals surface area contributed by atoms with E-state index < -0.39 is 0 Å². The molecule has 2 aromatic carbocycles. The molecule has 1 aliphatic heterocycles. The summed E-state index contributed by atoms with van der Waals surface area (Å²) < 4.78 is 13.9. The molecule has 3 heterocycles. The SMILES string of the molecule is COCC1=Cc2nc3cc(Cl)ccc3cc2C(c2cn(C)c3ccccc23)O1. The molecular weight excluding hydrogens is 372 g/mol. The van der Waals surface area contributed by atoms with Gasteiger partial charge in [0, 0.05) is 58.9 Å². The van der Waals surface area contributed by atoms with Crippen LogP contribution in [0.2, 0.25) is 5.02 Å². The van der Waals surface area contributed by atoms with Gasteiger partial charge in [-0.2, -0.15) is 0 Å². The number of aromatic nitrogens is 2. The maximum atomic E-state index is 6.39. The van der Waals surface area contributed by atoms with Gasteiger partial charge in [-0.3, -0.25) is 0 Å². The molecule has 0 fully saturated rings. The largest absolute Gasteiger partial charge is 0.483 e.